The van der Waals surface area contributed by atoms with Crippen molar-refractivity contribution in [2.45, 2.75) is 12.1 Å². The van der Waals surface area contributed by atoms with E-state index in [1.54, 1.807) is 11.7 Å². The first-order chi connectivity index (χ1) is 8.97. The number of aliphatic carboxylic acids is 1. The van der Waals surface area contributed by atoms with Crippen LogP contribution < -0.4 is 0 Å². The predicted molar refractivity (Wildman–Crippen MR) is 77.2 cm³/mol. The summed E-state index contributed by atoms with van der Waals surface area (Å²) in [5, 5.41) is 13.6. The van der Waals surface area contributed by atoms with Crippen molar-refractivity contribution in [3.05, 3.63) is 28.2 Å². The van der Waals surface area contributed by atoms with Crippen LogP contribution >= 0.6 is 27.7 Å². The maximum Gasteiger partial charge on any atom is 0.313 e. The van der Waals surface area contributed by atoms with Crippen LogP contribution in [0.5, 0.6) is 0 Å². The molecule has 0 fully saturated rings. The number of benzene rings is 1. The van der Waals surface area contributed by atoms with Crippen LogP contribution in [0.2, 0.25) is 0 Å². The largest absolute Gasteiger partial charge is 0.481 e. The Bertz CT molecular complexity index is 627. The van der Waals surface area contributed by atoms with E-state index in [2.05, 4.69) is 26.0 Å². The highest BCUT2D eigenvalue weighted by molar-refractivity contribution is 9.10. The van der Waals surface area contributed by atoms with Crippen molar-refractivity contribution in [1.29, 1.82) is 0 Å². The molecule has 0 radical (unpaired) electrons. The summed E-state index contributed by atoms with van der Waals surface area (Å²) in [4.78, 5) is 14.9. The number of aromatic nitrogens is 3. The van der Waals surface area contributed by atoms with Gasteiger partial charge in [-0.05, 0) is 18.6 Å². The first-order valence-electron chi connectivity index (χ1n) is 5.49. The van der Waals surface area contributed by atoms with E-state index in [1.807, 2.05) is 25.1 Å². The molecular formula is C12H12BrN3O2S. The van der Waals surface area contributed by atoms with Gasteiger partial charge in [-0.1, -0.05) is 39.8 Å². The van der Waals surface area contributed by atoms with Gasteiger partial charge in [0.25, 0.3) is 0 Å². The Kier molecular flexibility index (Phi) is 4.26. The summed E-state index contributed by atoms with van der Waals surface area (Å²) in [5.74, 6) is -0.299. The lowest BCUT2D eigenvalue weighted by Crippen LogP contribution is -2.00. The molecule has 0 aliphatic carbocycles. The lowest BCUT2D eigenvalue weighted by molar-refractivity contribution is -0.133. The minimum atomic E-state index is -0.868. The quantitative estimate of drug-likeness (QED) is 0.866. The smallest absolute Gasteiger partial charge is 0.313 e. The molecule has 5 nitrogen and oxygen atoms in total. The first kappa shape index (κ1) is 14.1. The molecule has 1 N–H and O–H groups in total. The van der Waals surface area contributed by atoms with Crippen LogP contribution in [0.25, 0.3) is 11.4 Å². The third kappa shape index (κ3) is 3.36. The van der Waals surface area contributed by atoms with Crippen LogP contribution in [-0.4, -0.2) is 31.6 Å². The van der Waals surface area contributed by atoms with E-state index >= 15 is 0 Å². The highest BCUT2D eigenvalue weighted by Crippen LogP contribution is 2.25. The van der Waals surface area contributed by atoms with Gasteiger partial charge in [-0.3, -0.25) is 4.79 Å². The Labute approximate surface area is 123 Å². The number of halogens is 1. The lowest BCUT2D eigenvalue weighted by atomic mass is 10.1. The third-order valence-electron chi connectivity index (χ3n) is 2.48. The molecular weight excluding hydrogens is 330 g/mol. The number of hydrogen-bond acceptors (Lipinski definition) is 4. The van der Waals surface area contributed by atoms with Crippen molar-refractivity contribution < 1.29 is 9.90 Å². The second kappa shape index (κ2) is 5.75. The van der Waals surface area contributed by atoms with E-state index in [-0.39, 0.29) is 5.75 Å². The van der Waals surface area contributed by atoms with Crippen LogP contribution in [-0.2, 0) is 11.8 Å². The van der Waals surface area contributed by atoms with Crippen molar-refractivity contribution in [2.75, 3.05) is 5.75 Å². The zero-order valence-electron chi connectivity index (χ0n) is 10.4. The van der Waals surface area contributed by atoms with Gasteiger partial charge in [-0.25, -0.2) is 9.67 Å². The van der Waals surface area contributed by atoms with Gasteiger partial charge in [0.15, 0.2) is 11.0 Å². The van der Waals surface area contributed by atoms with Gasteiger partial charge < -0.3 is 5.11 Å². The standard InChI is InChI=1S/C12H12BrN3O2S/c1-7-3-4-8(5-9(7)13)11-14-12(16(2)15-11)19-6-10(17)18/h3-5H,6H2,1-2H3,(H,17,18). The summed E-state index contributed by atoms with van der Waals surface area (Å²) in [5.41, 5.74) is 2.04. The summed E-state index contributed by atoms with van der Waals surface area (Å²) in [7, 11) is 1.75. The molecule has 19 heavy (non-hydrogen) atoms. The number of aryl methyl sites for hydroxylation is 2. The van der Waals surface area contributed by atoms with Gasteiger partial charge in [-0.15, -0.1) is 0 Å². The maximum atomic E-state index is 10.6. The van der Waals surface area contributed by atoms with Gasteiger partial charge >= 0.3 is 5.97 Å². The summed E-state index contributed by atoms with van der Waals surface area (Å²) >= 11 is 4.63. The average molecular weight is 342 g/mol. The average Bonchev–Trinajstić information content (AvgIpc) is 2.71. The highest BCUT2D eigenvalue weighted by Gasteiger charge is 2.11. The minimum absolute atomic E-state index is 0.0242. The molecule has 2 aromatic rings. The normalized spacial score (nSPS) is 10.7. The van der Waals surface area contributed by atoms with Crippen LogP contribution in [0.3, 0.4) is 0 Å². The van der Waals surface area contributed by atoms with Gasteiger partial charge in [0.1, 0.15) is 0 Å². The van der Waals surface area contributed by atoms with Crippen molar-refractivity contribution in [3.8, 4) is 11.4 Å². The molecule has 0 bridgehead atoms. The summed E-state index contributed by atoms with van der Waals surface area (Å²) in [6.45, 7) is 2.01. The van der Waals surface area contributed by atoms with Crippen molar-refractivity contribution in [1.82, 2.24) is 14.8 Å². The van der Waals surface area contributed by atoms with Crippen LogP contribution in [0.1, 0.15) is 5.56 Å². The second-order valence-electron chi connectivity index (χ2n) is 3.99. The molecule has 1 aromatic heterocycles. The van der Waals surface area contributed by atoms with Gasteiger partial charge in [0, 0.05) is 17.1 Å². The molecule has 0 saturated heterocycles. The van der Waals surface area contributed by atoms with E-state index in [0.717, 1.165) is 27.4 Å². The van der Waals surface area contributed by atoms with E-state index in [9.17, 15) is 4.79 Å². The second-order valence-corrected chi connectivity index (χ2v) is 5.78. The fourth-order valence-electron chi connectivity index (χ4n) is 1.48. The van der Waals surface area contributed by atoms with Crippen molar-refractivity contribution >= 4 is 33.7 Å². The minimum Gasteiger partial charge on any atom is -0.481 e. The Morgan fingerprint density at radius 2 is 2.26 bits per heavy atom. The highest BCUT2D eigenvalue weighted by atomic mass is 79.9. The Morgan fingerprint density at radius 1 is 1.53 bits per heavy atom. The molecule has 100 valence electrons. The number of carboxylic acids is 1. The molecule has 0 atom stereocenters. The lowest BCUT2D eigenvalue weighted by Gasteiger charge is -1.99. The van der Waals surface area contributed by atoms with Gasteiger partial charge in [0.05, 0.1) is 5.75 Å². The number of rotatable bonds is 4. The molecule has 7 heteroatoms. The Balaban J connectivity index is 2.28. The number of carbonyl (C=O) groups is 1. The van der Waals surface area contributed by atoms with E-state index in [4.69, 9.17) is 5.11 Å². The van der Waals surface area contributed by atoms with Crippen LogP contribution in [0.15, 0.2) is 27.8 Å². The zero-order valence-corrected chi connectivity index (χ0v) is 12.8. The molecule has 0 unspecified atom stereocenters. The maximum absolute atomic E-state index is 10.6. The number of thioether (sulfide) groups is 1. The zero-order chi connectivity index (χ0) is 14.0. The van der Waals surface area contributed by atoms with Crippen LogP contribution in [0, 0.1) is 6.92 Å². The van der Waals surface area contributed by atoms with E-state index in [0.29, 0.717) is 11.0 Å². The van der Waals surface area contributed by atoms with Gasteiger partial charge in [0.2, 0.25) is 0 Å². The molecule has 1 heterocycles. The SMILES string of the molecule is Cc1ccc(-c2nc(SCC(=O)O)n(C)n2)cc1Br. The predicted octanol–water partition coefficient (Wildman–Crippen LogP) is 2.73. The first-order valence-corrected chi connectivity index (χ1v) is 7.27. The number of nitrogens with zero attached hydrogens (tertiary/aromatic N) is 3. The van der Waals surface area contributed by atoms with E-state index in [1.165, 1.54) is 0 Å². The van der Waals surface area contributed by atoms with E-state index < -0.39 is 5.97 Å². The van der Waals surface area contributed by atoms with Crippen molar-refractivity contribution in [2.24, 2.45) is 7.05 Å². The fourth-order valence-corrected chi connectivity index (χ4v) is 2.49. The molecule has 0 aliphatic rings. The summed E-state index contributed by atoms with van der Waals surface area (Å²) < 4.78 is 2.59. The number of hydrogen-bond donors (Lipinski definition) is 1. The molecule has 0 aliphatic heterocycles. The molecule has 1 aromatic carbocycles. The molecule has 0 saturated carbocycles. The molecule has 0 amide bonds. The molecule has 2 rings (SSSR count). The van der Waals surface area contributed by atoms with Gasteiger partial charge in [-0.2, -0.15) is 5.10 Å². The van der Waals surface area contributed by atoms with Crippen molar-refractivity contribution in [3.63, 3.8) is 0 Å². The Hall–Kier alpha value is -1.34. The number of carboxylic acid groups (broad SMARTS) is 1. The molecule has 0 spiro atoms. The summed E-state index contributed by atoms with van der Waals surface area (Å²) in [6, 6.07) is 5.89. The topological polar surface area (TPSA) is 68.0 Å². The third-order valence-corrected chi connectivity index (χ3v) is 4.34. The summed E-state index contributed by atoms with van der Waals surface area (Å²) in [6.07, 6.45) is 0. The fraction of sp³-hybridized carbons (Fsp3) is 0.250. The van der Waals surface area contributed by atoms with Crippen LogP contribution in [0.4, 0.5) is 0 Å². The monoisotopic (exact) mass is 341 g/mol. The Morgan fingerprint density at radius 3 is 2.89 bits per heavy atom.